The molecule has 0 heterocycles. The van der Waals surface area contributed by atoms with E-state index in [0.717, 1.165) is 17.8 Å². The number of hydrogen-bond donors (Lipinski definition) is 1. The maximum atomic E-state index is 11.8. The minimum atomic E-state index is 0.172. The summed E-state index contributed by atoms with van der Waals surface area (Å²) in [5.74, 6) is 0.172. The lowest BCUT2D eigenvalue weighted by Gasteiger charge is -2.10. The van der Waals surface area contributed by atoms with Crippen LogP contribution in [-0.2, 0) is 6.54 Å². The monoisotopic (exact) mass is 239 g/mol. The van der Waals surface area contributed by atoms with Gasteiger partial charge in [0.15, 0.2) is 5.78 Å². The zero-order chi connectivity index (χ0) is 12.8. The number of anilines is 1. The molecular weight excluding hydrogens is 222 g/mol. The van der Waals surface area contributed by atoms with Gasteiger partial charge in [-0.1, -0.05) is 49.4 Å². The molecule has 18 heavy (non-hydrogen) atoms. The van der Waals surface area contributed by atoms with Crippen LogP contribution >= 0.6 is 0 Å². The van der Waals surface area contributed by atoms with Crippen LogP contribution in [0.15, 0.2) is 54.6 Å². The van der Waals surface area contributed by atoms with E-state index in [1.54, 1.807) is 0 Å². The number of ketones is 1. The lowest BCUT2D eigenvalue weighted by Crippen LogP contribution is -2.06. The van der Waals surface area contributed by atoms with Gasteiger partial charge in [-0.05, 0) is 17.7 Å². The second kappa shape index (κ2) is 6.01. The van der Waals surface area contributed by atoms with Crippen molar-refractivity contribution in [3.8, 4) is 0 Å². The van der Waals surface area contributed by atoms with Gasteiger partial charge in [0.1, 0.15) is 0 Å². The topological polar surface area (TPSA) is 29.1 Å². The summed E-state index contributed by atoms with van der Waals surface area (Å²) in [6, 6.07) is 17.8. The number of carbonyl (C=O) groups is 1. The van der Waals surface area contributed by atoms with Crippen LogP contribution in [0.25, 0.3) is 0 Å². The highest BCUT2D eigenvalue weighted by atomic mass is 16.1. The predicted molar refractivity (Wildman–Crippen MR) is 74.8 cm³/mol. The van der Waals surface area contributed by atoms with Crippen LogP contribution in [0.1, 0.15) is 29.3 Å². The van der Waals surface area contributed by atoms with E-state index in [0.29, 0.717) is 6.42 Å². The van der Waals surface area contributed by atoms with Gasteiger partial charge >= 0.3 is 0 Å². The van der Waals surface area contributed by atoms with Gasteiger partial charge < -0.3 is 5.32 Å². The van der Waals surface area contributed by atoms with Gasteiger partial charge in [-0.25, -0.2) is 0 Å². The number of para-hydroxylation sites is 1. The molecule has 2 heteroatoms. The highest BCUT2D eigenvalue weighted by Crippen LogP contribution is 2.17. The molecule has 0 aliphatic heterocycles. The second-order valence-corrected chi connectivity index (χ2v) is 4.16. The molecule has 2 nitrogen and oxygen atoms in total. The van der Waals surface area contributed by atoms with Crippen LogP contribution in [0, 0.1) is 0 Å². The van der Waals surface area contributed by atoms with E-state index in [1.165, 1.54) is 5.56 Å². The van der Waals surface area contributed by atoms with Crippen LogP contribution in [0.4, 0.5) is 5.69 Å². The fraction of sp³-hybridized carbons (Fsp3) is 0.188. The summed E-state index contributed by atoms with van der Waals surface area (Å²) < 4.78 is 0. The highest BCUT2D eigenvalue weighted by molar-refractivity contribution is 6.00. The van der Waals surface area contributed by atoms with Gasteiger partial charge in [-0.2, -0.15) is 0 Å². The highest BCUT2D eigenvalue weighted by Gasteiger charge is 2.08. The normalized spacial score (nSPS) is 10.1. The zero-order valence-electron chi connectivity index (χ0n) is 10.5. The number of hydrogen-bond acceptors (Lipinski definition) is 2. The molecule has 0 saturated heterocycles. The number of carbonyl (C=O) groups excluding carboxylic acids is 1. The number of rotatable bonds is 5. The van der Waals surface area contributed by atoms with Gasteiger partial charge in [0.2, 0.25) is 0 Å². The van der Waals surface area contributed by atoms with Crippen LogP contribution in [0.3, 0.4) is 0 Å². The van der Waals surface area contributed by atoms with Crippen molar-refractivity contribution in [2.75, 3.05) is 5.32 Å². The van der Waals surface area contributed by atoms with Crippen LogP contribution in [0.2, 0.25) is 0 Å². The van der Waals surface area contributed by atoms with Crippen LogP contribution < -0.4 is 5.32 Å². The maximum Gasteiger partial charge on any atom is 0.164 e. The Kier molecular flexibility index (Phi) is 4.13. The predicted octanol–water partition coefficient (Wildman–Crippen LogP) is 3.89. The van der Waals surface area contributed by atoms with Crippen molar-refractivity contribution in [1.82, 2.24) is 0 Å². The molecular formula is C16H17NO. The molecule has 0 atom stereocenters. The zero-order valence-corrected chi connectivity index (χ0v) is 10.5. The molecule has 92 valence electrons. The van der Waals surface area contributed by atoms with Crippen molar-refractivity contribution in [2.24, 2.45) is 0 Å². The molecule has 0 aromatic heterocycles. The Morgan fingerprint density at radius 3 is 2.39 bits per heavy atom. The molecule has 0 aliphatic carbocycles. The summed E-state index contributed by atoms with van der Waals surface area (Å²) in [5, 5.41) is 3.32. The molecule has 0 saturated carbocycles. The molecule has 0 radical (unpaired) electrons. The van der Waals surface area contributed by atoms with Crippen molar-refractivity contribution < 1.29 is 4.79 Å². The van der Waals surface area contributed by atoms with Gasteiger partial charge in [-0.3, -0.25) is 4.79 Å². The quantitative estimate of drug-likeness (QED) is 0.802. The van der Waals surface area contributed by atoms with E-state index < -0.39 is 0 Å². The molecule has 0 fully saturated rings. The molecule has 2 aromatic carbocycles. The fourth-order valence-electron chi connectivity index (χ4n) is 1.86. The fourth-order valence-corrected chi connectivity index (χ4v) is 1.86. The number of nitrogens with one attached hydrogen (secondary N) is 1. The summed E-state index contributed by atoms with van der Waals surface area (Å²) in [6.45, 7) is 2.62. The average Bonchev–Trinajstić information content (AvgIpc) is 2.45. The minimum Gasteiger partial charge on any atom is -0.380 e. The van der Waals surface area contributed by atoms with E-state index in [-0.39, 0.29) is 5.78 Å². The summed E-state index contributed by atoms with van der Waals surface area (Å²) in [4.78, 5) is 11.8. The largest absolute Gasteiger partial charge is 0.380 e. The van der Waals surface area contributed by atoms with Crippen molar-refractivity contribution in [1.29, 1.82) is 0 Å². The molecule has 0 amide bonds. The van der Waals surface area contributed by atoms with Gasteiger partial charge in [0.25, 0.3) is 0 Å². The van der Waals surface area contributed by atoms with Crippen molar-refractivity contribution in [2.45, 2.75) is 19.9 Å². The molecule has 0 unspecified atom stereocenters. The first-order valence-electron chi connectivity index (χ1n) is 6.21. The Labute approximate surface area is 108 Å². The SMILES string of the molecule is CCC(=O)c1ccccc1NCc1ccccc1. The molecule has 2 rings (SSSR count). The van der Waals surface area contributed by atoms with E-state index >= 15 is 0 Å². The van der Waals surface area contributed by atoms with Crippen molar-refractivity contribution in [3.05, 3.63) is 65.7 Å². The molecule has 2 aromatic rings. The van der Waals surface area contributed by atoms with E-state index in [4.69, 9.17) is 0 Å². The Hall–Kier alpha value is -2.09. The first-order chi connectivity index (χ1) is 8.81. The van der Waals surface area contributed by atoms with Crippen molar-refractivity contribution in [3.63, 3.8) is 0 Å². The number of Topliss-reactive ketones (excluding diaryl/α,β-unsaturated/α-hetero) is 1. The summed E-state index contributed by atoms with van der Waals surface area (Å²) in [5.41, 5.74) is 2.89. The third kappa shape index (κ3) is 2.98. The van der Waals surface area contributed by atoms with Crippen molar-refractivity contribution >= 4 is 11.5 Å². The smallest absolute Gasteiger partial charge is 0.164 e. The standard InChI is InChI=1S/C16H17NO/c1-2-16(18)14-10-6-7-11-15(14)17-12-13-8-4-3-5-9-13/h3-11,17H,2,12H2,1H3. The van der Waals surface area contributed by atoms with Gasteiger partial charge in [0.05, 0.1) is 0 Å². The van der Waals surface area contributed by atoms with E-state index in [9.17, 15) is 4.79 Å². The Morgan fingerprint density at radius 2 is 1.67 bits per heavy atom. The molecule has 0 aliphatic rings. The Morgan fingerprint density at radius 1 is 1.00 bits per heavy atom. The summed E-state index contributed by atoms with van der Waals surface area (Å²) in [6.07, 6.45) is 0.532. The number of benzene rings is 2. The Bertz CT molecular complexity index is 520. The van der Waals surface area contributed by atoms with Gasteiger partial charge in [0, 0.05) is 24.2 Å². The van der Waals surface area contributed by atoms with Gasteiger partial charge in [-0.15, -0.1) is 0 Å². The Balaban J connectivity index is 2.12. The van der Waals surface area contributed by atoms with E-state index in [1.807, 2.05) is 49.4 Å². The van der Waals surface area contributed by atoms with E-state index in [2.05, 4.69) is 17.4 Å². The second-order valence-electron chi connectivity index (χ2n) is 4.16. The first-order valence-corrected chi connectivity index (χ1v) is 6.21. The molecule has 1 N–H and O–H groups in total. The lowest BCUT2D eigenvalue weighted by atomic mass is 10.1. The van der Waals surface area contributed by atoms with Crippen LogP contribution in [0.5, 0.6) is 0 Å². The summed E-state index contributed by atoms with van der Waals surface area (Å²) in [7, 11) is 0. The lowest BCUT2D eigenvalue weighted by molar-refractivity contribution is 0.0989. The molecule has 0 bridgehead atoms. The third-order valence-electron chi connectivity index (χ3n) is 2.87. The average molecular weight is 239 g/mol. The van der Waals surface area contributed by atoms with Crippen LogP contribution in [-0.4, -0.2) is 5.78 Å². The molecule has 0 spiro atoms. The maximum absolute atomic E-state index is 11.8. The first kappa shape index (κ1) is 12.4. The third-order valence-corrected chi connectivity index (χ3v) is 2.87. The summed E-state index contributed by atoms with van der Waals surface area (Å²) >= 11 is 0. The minimum absolute atomic E-state index is 0.172.